The summed E-state index contributed by atoms with van der Waals surface area (Å²) in [6.45, 7) is 5.37. The average Bonchev–Trinajstić information content (AvgIpc) is 3.18. The number of para-hydroxylation sites is 1. The van der Waals surface area contributed by atoms with Crippen LogP contribution >= 0.6 is 0 Å². The highest BCUT2D eigenvalue weighted by Crippen LogP contribution is 2.51. The number of hydrogen-bond donors (Lipinski definition) is 0. The molecule has 5 rings (SSSR count). The van der Waals surface area contributed by atoms with Crippen molar-refractivity contribution in [1.29, 1.82) is 10.5 Å². The molecule has 2 heterocycles. The Morgan fingerprint density at radius 1 is 1.03 bits per heavy atom. The summed E-state index contributed by atoms with van der Waals surface area (Å²) >= 11 is 0. The third kappa shape index (κ3) is 2.62. The summed E-state index contributed by atoms with van der Waals surface area (Å²) in [5.41, 5.74) is 6.94. The van der Waals surface area contributed by atoms with E-state index in [0.717, 1.165) is 25.1 Å². The zero-order valence-electron chi connectivity index (χ0n) is 17.6. The quantitative estimate of drug-likeness (QED) is 0.482. The summed E-state index contributed by atoms with van der Waals surface area (Å²) in [4.78, 5) is 15.6. The largest absolute Gasteiger partial charge is 0.344 e. The number of nitriles is 2. The first-order valence-corrected chi connectivity index (χ1v) is 10.5. The number of Topliss-reactive ketones (excluding diaryl/α,β-unsaturated/α-hetero) is 1. The van der Waals surface area contributed by atoms with Crippen LogP contribution in [-0.4, -0.2) is 12.3 Å². The van der Waals surface area contributed by atoms with Gasteiger partial charge in [0.15, 0.2) is 5.78 Å². The summed E-state index contributed by atoms with van der Waals surface area (Å²) in [5.74, 6) is -0.141. The second-order valence-corrected chi connectivity index (χ2v) is 8.67. The van der Waals surface area contributed by atoms with Crippen LogP contribution in [0.5, 0.6) is 0 Å². The molecule has 0 spiro atoms. The third-order valence-electron chi connectivity index (χ3n) is 6.66. The smallest absolute Gasteiger partial charge is 0.194 e. The van der Waals surface area contributed by atoms with Gasteiger partial charge >= 0.3 is 0 Å². The molecule has 2 aromatic rings. The van der Waals surface area contributed by atoms with Crippen LogP contribution in [-0.2, 0) is 11.8 Å². The fourth-order valence-electron chi connectivity index (χ4n) is 5.20. The van der Waals surface area contributed by atoms with E-state index in [0.29, 0.717) is 22.3 Å². The number of rotatable bonds is 1. The first-order chi connectivity index (χ1) is 15.0. The second kappa shape index (κ2) is 6.83. The van der Waals surface area contributed by atoms with E-state index < -0.39 is 0 Å². The molecule has 0 saturated heterocycles. The first-order valence-electron chi connectivity index (χ1n) is 10.5. The van der Waals surface area contributed by atoms with Crippen molar-refractivity contribution in [2.75, 3.05) is 11.4 Å². The Morgan fingerprint density at radius 3 is 2.52 bits per heavy atom. The van der Waals surface area contributed by atoms with Crippen LogP contribution in [0.15, 0.2) is 71.5 Å². The van der Waals surface area contributed by atoms with Gasteiger partial charge in [-0.05, 0) is 41.7 Å². The lowest BCUT2D eigenvalue weighted by atomic mass is 9.83. The molecule has 0 fully saturated rings. The number of allylic oxidation sites excluding steroid dienone is 6. The normalized spacial score (nSPS) is 20.5. The van der Waals surface area contributed by atoms with Crippen LogP contribution in [0.2, 0.25) is 0 Å². The number of carbonyl (C=O) groups is 1. The Bertz CT molecular complexity index is 1310. The Kier molecular flexibility index (Phi) is 4.20. The van der Waals surface area contributed by atoms with Crippen molar-refractivity contribution in [3.8, 4) is 12.1 Å². The van der Waals surface area contributed by atoms with Crippen molar-refractivity contribution in [3.05, 3.63) is 93.7 Å². The molecule has 4 nitrogen and oxygen atoms in total. The van der Waals surface area contributed by atoms with E-state index in [1.54, 1.807) is 18.2 Å². The monoisotopic (exact) mass is 403 g/mol. The fourth-order valence-corrected chi connectivity index (χ4v) is 5.20. The molecule has 0 N–H and O–H groups in total. The van der Waals surface area contributed by atoms with Gasteiger partial charge in [0.05, 0.1) is 0 Å². The molecule has 0 amide bonds. The number of carbonyl (C=O) groups excluding carboxylic acids is 1. The van der Waals surface area contributed by atoms with Gasteiger partial charge in [-0.2, -0.15) is 10.5 Å². The van der Waals surface area contributed by atoms with Crippen LogP contribution in [0.1, 0.15) is 47.3 Å². The zero-order chi connectivity index (χ0) is 21.8. The van der Waals surface area contributed by atoms with Gasteiger partial charge in [-0.3, -0.25) is 4.79 Å². The Hall–Kier alpha value is -3.89. The van der Waals surface area contributed by atoms with Crippen molar-refractivity contribution >= 4 is 17.0 Å². The van der Waals surface area contributed by atoms with Crippen molar-refractivity contribution in [3.63, 3.8) is 0 Å². The summed E-state index contributed by atoms with van der Waals surface area (Å²) in [5, 5.41) is 19.0. The SMILES string of the molecule is CC1(C)/C(=C\C=C2/C(=O)c3ccccc3C2=C(C#N)C#N)N2CCCc3cccc1c32. The van der Waals surface area contributed by atoms with Crippen LogP contribution < -0.4 is 4.90 Å². The fraction of sp³-hybridized carbons (Fsp3) is 0.222. The van der Waals surface area contributed by atoms with E-state index >= 15 is 0 Å². The van der Waals surface area contributed by atoms with Crippen LogP contribution in [0.3, 0.4) is 0 Å². The standard InChI is InChI=1S/C27H21N3O/c1-27(2)22-11-5-7-17-8-6-14-30(25(17)22)23(27)13-12-21-24(18(15-28)16-29)19-9-3-4-10-20(19)26(21)31/h3-5,7,9-13H,6,8,14H2,1-2H3/b21-12-,23-13+. The van der Waals surface area contributed by atoms with Gasteiger partial charge in [-0.15, -0.1) is 0 Å². The van der Waals surface area contributed by atoms with Gasteiger partial charge in [0.25, 0.3) is 0 Å². The van der Waals surface area contributed by atoms with Crippen molar-refractivity contribution < 1.29 is 4.79 Å². The minimum atomic E-state index is -0.196. The number of ketones is 1. The molecule has 0 unspecified atom stereocenters. The summed E-state index contributed by atoms with van der Waals surface area (Å²) < 4.78 is 0. The van der Waals surface area contributed by atoms with Crippen molar-refractivity contribution in [2.24, 2.45) is 0 Å². The molecule has 3 aliphatic rings. The van der Waals surface area contributed by atoms with Crippen LogP contribution in [0, 0.1) is 22.7 Å². The average molecular weight is 403 g/mol. The molecule has 31 heavy (non-hydrogen) atoms. The zero-order valence-corrected chi connectivity index (χ0v) is 17.6. The van der Waals surface area contributed by atoms with E-state index in [2.05, 4.69) is 36.9 Å². The number of benzene rings is 2. The molecule has 1 aliphatic carbocycles. The summed E-state index contributed by atoms with van der Waals surface area (Å²) in [7, 11) is 0. The highest BCUT2D eigenvalue weighted by atomic mass is 16.1. The molecule has 0 atom stereocenters. The van der Waals surface area contributed by atoms with Gasteiger partial charge in [0, 0.05) is 40.1 Å². The molecule has 0 saturated carbocycles. The van der Waals surface area contributed by atoms with E-state index in [-0.39, 0.29) is 16.8 Å². The number of hydrogen-bond acceptors (Lipinski definition) is 4. The van der Waals surface area contributed by atoms with Crippen LogP contribution in [0.4, 0.5) is 5.69 Å². The Balaban J connectivity index is 1.69. The van der Waals surface area contributed by atoms with E-state index in [1.165, 1.54) is 16.8 Å². The van der Waals surface area contributed by atoms with E-state index in [1.807, 2.05) is 30.4 Å². The lowest BCUT2D eigenvalue weighted by molar-refractivity contribution is 0.104. The molecule has 0 bridgehead atoms. The predicted octanol–water partition coefficient (Wildman–Crippen LogP) is 5.24. The van der Waals surface area contributed by atoms with Gasteiger partial charge in [0.1, 0.15) is 17.7 Å². The molecule has 0 aromatic heterocycles. The van der Waals surface area contributed by atoms with E-state index in [9.17, 15) is 15.3 Å². The van der Waals surface area contributed by atoms with Crippen LogP contribution in [0.25, 0.3) is 5.57 Å². The number of aryl methyl sites for hydroxylation is 1. The van der Waals surface area contributed by atoms with Crippen molar-refractivity contribution in [2.45, 2.75) is 32.1 Å². The Morgan fingerprint density at radius 2 is 1.77 bits per heavy atom. The maximum Gasteiger partial charge on any atom is 0.194 e. The second-order valence-electron chi connectivity index (χ2n) is 8.67. The lowest BCUT2D eigenvalue weighted by Crippen LogP contribution is -2.29. The van der Waals surface area contributed by atoms with Gasteiger partial charge in [0.2, 0.25) is 0 Å². The topological polar surface area (TPSA) is 67.9 Å². The molecule has 0 radical (unpaired) electrons. The molecular formula is C27H21N3O. The van der Waals surface area contributed by atoms with Gasteiger partial charge in [-0.25, -0.2) is 0 Å². The maximum absolute atomic E-state index is 13.2. The third-order valence-corrected chi connectivity index (χ3v) is 6.66. The maximum atomic E-state index is 13.2. The molecule has 4 heteroatoms. The first kappa shape index (κ1) is 19.1. The highest BCUT2D eigenvalue weighted by Gasteiger charge is 2.42. The Labute approximate surface area is 182 Å². The summed E-state index contributed by atoms with van der Waals surface area (Å²) in [6, 6.07) is 17.7. The highest BCUT2D eigenvalue weighted by molar-refractivity contribution is 6.27. The number of anilines is 1. The molecule has 2 aliphatic heterocycles. The predicted molar refractivity (Wildman–Crippen MR) is 120 cm³/mol. The minimum Gasteiger partial charge on any atom is -0.344 e. The molecule has 150 valence electrons. The number of fused-ring (bicyclic) bond motifs is 1. The minimum absolute atomic E-state index is 0.0304. The number of nitrogens with zero attached hydrogens (tertiary/aromatic N) is 3. The van der Waals surface area contributed by atoms with Gasteiger partial charge in [-0.1, -0.05) is 56.3 Å². The summed E-state index contributed by atoms with van der Waals surface area (Å²) in [6.07, 6.45) is 5.99. The van der Waals surface area contributed by atoms with Crippen molar-refractivity contribution in [1.82, 2.24) is 0 Å². The lowest BCUT2D eigenvalue weighted by Gasteiger charge is -2.30. The van der Waals surface area contributed by atoms with Gasteiger partial charge < -0.3 is 4.90 Å². The van der Waals surface area contributed by atoms with E-state index in [4.69, 9.17) is 0 Å². The molecular weight excluding hydrogens is 382 g/mol. The molecule has 2 aromatic carbocycles.